The number of carbonyl (C=O) groups excluding carboxylic acids is 1. The number of aryl methyl sites for hydroxylation is 1. The number of carbonyl (C=O) groups is 1. The molecular weight excluding hydrogens is 428 g/mol. The first-order valence-electron chi connectivity index (χ1n) is 11.3. The van der Waals surface area contributed by atoms with E-state index in [1.54, 1.807) is 24.3 Å². The molecule has 0 bridgehead atoms. The highest BCUT2D eigenvalue weighted by Crippen LogP contribution is 2.30. The lowest BCUT2D eigenvalue weighted by Crippen LogP contribution is -2.10. The second-order valence-corrected chi connectivity index (χ2v) is 7.72. The van der Waals surface area contributed by atoms with E-state index in [4.69, 9.17) is 9.47 Å². The SMILES string of the molecule is CCCCCc1cnc(-c2ccc(C(=O)Oc3ccc(OCCC)c(C#N)c3C#N)cc2)nc1. The van der Waals surface area contributed by atoms with Crippen LogP contribution in [0.2, 0.25) is 0 Å². The van der Waals surface area contributed by atoms with E-state index in [0.717, 1.165) is 30.4 Å². The minimum Gasteiger partial charge on any atom is -0.492 e. The van der Waals surface area contributed by atoms with Crippen molar-refractivity contribution in [1.29, 1.82) is 10.5 Å². The largest absolute Gasteiger partial charge is 0.492 e. The van der Waals surface area contributed by atoms with E-state index in [9.17, 15) is 15.3 Å². The predicted molar refractivity (Wildman–Crippen MR) is 127 cm³/mol. The molecule has 0 saturated heterocycles. The number of ether oxygens (including phenoxy) is 2. The van der Waals surface area contributed by atoms with E-state index >= 15 is 0 Å². The topological polar surface area (TPSA) is 109 Å². The van der Waals surface area contributed by atoms with Gasteiger partial charge in [-0.05, 0) is 49.1 Å². The quantitative estimate of drug-likeness (QED) is 0.222. The van der Waals surface area contributed by atoms with Crippen LogP contribution < -0.4 is 9.47 Å². The molecule has 0 atom stereocenters. The van der Waals surface area contributed by atoms with Crippen LogP contribution in [0.25, 0.3) is 11.4 Å². The summed E-state index contributed by atoms with van der Waals surface area (Å²) < 4.78 is 11.0. The second kappa shape index (κ2) is 12.1. The van der Waals surface area contributed by atoms with Crippen LogP contribution in [0.1, 0.15) is 66.6 Å². The third kappa shape index (κ3) is 5.96. The fourth-order valence-corrected chi connectivity index (χ4v) is 3.33. The molecule has 0 aliphatic rings. The van der Waals surface area contributed by atoms with Crippen LogP contribution in [-0.4, -0.2) is 22.5 Å². The van der Waals surface area contributed by atoms with Crippen molar-refractivity contribution in [3.63, 3.8) is 0 Å². The minimum absolute atomic E-state index is 0.0129. The van der Waals surface area contributed by atoms with Gasteiger partial charge in [0.2, 0.25) is 0 Å². The van der Waals surface area contributed by atoms with Gasteiger partial charge in [0.1, 0.15) is 29.0 Å². The molecule has 0 aliphatic heterocycles. The van der Waals surface area contributed by atoms with Crippen molar-refractivity contribution >= 4 is 5.97 Å². The first-order chi connectivity index (χ1) is 16.6. The molecule has 0 spiro atoms. The lowest BCUT2D eigenvalue weighted by atomic mass is 10.1. The number of unbranched alkanes of at least 4 members (excludes halogenated alkanes) is 2. The van der Waals surface area contributed by atoms with Crippen LogP contribution in [0.15, 0.2) is 48.8 Å². The maximum atomic E-state index is 12.7. The van der Waals surface area contributed by atoms with Gasteiger partial charge >= 0.3 is 5.97 Å². The molecule has 0 amide bonds. The molecule has 1 aromatic heterocycles. The molecule has 7 nitrogen and oxygen atoms in total. The van der Waals surface area contributed by atoms with E-state index in [-0.39, 0.29) is 16.9 Å². The summed E-state index contributed by atoms with van der Waals surface area (Å²) in [6.07, 6.45) is 8.87. The number of esters is 1. The van der Waals surface area contributed by atoms with E-state index in [1.165, 1.54) is 25.0 Å². The van der Waals surface area contributed by atoms with Gasteiger partial charge in [0.25, 0.3) is 0 Å². The summed E-state index contributed by atoms with van der Waals surface area (Å²) in [5.41, 5.74) is 2.20. The number of benzene rings is 2. The van der Waals surface area contributed by atoms with Crippen molar-refractivity contribution < 1.29 is 14.3 Å². The molecule has 34 heavy (non-hydrogen) atoms. The fraction of sp³-hybridized carbons (Fsp3) is 0.296. The molecule has 0 radical (unpaired) electrons. The molecule has 2 aromatic carbocycles. The van der Waals surface area contributed by atoms with Gasteiger partial charge in [-0.25, -0.2) is 14.8 Å². The van der Waals surface area contributed by atoms with Gasteiger partial charge in [-0.15, -0.1) is 0 Å². The highest BCUT2D eigenvalue weighted by molar-refractivity contribution is 5.92. The molecule has 0 aliphatic carbocycles. The molecule has 3 aromatic rings. The Bertz CT molecular complexity index is 1210. The van der Waals surface area contributed by atoms with E-state index in [1.807, 2.05) is 31.5 Å². The lowest BCUT2D eigenvalue weighted by Gasteiger charge is -2.11. The van der Waals surface area contributed by atoms with Crippen LogP contribution in [0.4, 0.5) is 0 Å². The van der Waals surface area contributed by atoms with Gasteiger partial charge in [0.15, 0.2) is 11.6 Å². The summed E-state index contributed by atoms with van der Waals surface area (Å²) in [5, 5.41) is 19.0. The number of hydrogen-bond donors (Lipinski definition) is 0. The third-order valence-electron chi connectivity index (χ3n) is 5.17. The second-order valence-electron chi connectivity index (χ2n) is 7.72. The van der Waals surface area contributed by atoms with E-state index in [2.05, 4.69) is 16.9 Å². The van der Waals surface area contributed by atoms with Gasteiger partial charge in [0.05, 0.1) is 12.2 Å². The van der Waals surface area contributed by atoms with Gasteiger partial charge in [-0.1, -0.05) is 38.8 Å². The molecular formula is C27H26N4O3. The third-order valence-corrected chi connectivity index (χ3v) is 5.17. The average Bonchev–Trinajstić information content (AvgIpc) is 2.88. The van der Waals surface area contributed by atoms with Crippen LogP contribution in [0.3, 0.4) is 0 Å². The average molecular weight is 455 g/mol. The summed E-state index contributed by atoms with van der Waals surface area (Å²) >= 11 is 0. The first kappa shape index (κ1) is 24.4. The zero-order valence-corrected chi connectivity index (χ0v) is 19.4. The Balaban J connectivity index is 1.73. The molecule has 172 valence electrons. The molecule has 7 heteroatoms. The summed E-state index contributed by atoms with van der Waals surface area (Å²) in [6, 6.07) is 13.6. The van der Waals surface area contributed by atoms with Gasteiger partial charge < -0.3 is 9.47 Å². The Morgan fingerprint density at radius 1 is 0.882 bits per heavy atom. The van der Waals surface area contributed by atoms with Gasteiger partial charge in [-0.3, -0.25) is 0 Å². The molecule has 1 heterocycles. The van der Waals surface area contributed by atoms with Gasteiger partial charge in [-0.2, -0.15) is 10.5 Å². The van der Waals surface area contributed by atoms with Crippen LogP contribution in [-0.2, 0) is 6.42 Å². The Kier molecular flexibility index (Phi) is 8.71. The molecule has 0 saturated carbocycles. The van der Waals surface area contributed by atoms with Crippen molar-refractivity contribution in [3.05, 3.63) is 71.0 Å². The van der Waals surface area contributed by atoms with Crippen LogP contribution in [0.5, 0.6) is 11.5 Å². The van der Waals surface area contributed by atoms with Crippen molar-refractivity contribution in [2.45, 2.75) is 46.0 Å². The molecule has 3 rings (SSSR count). The lowest BCUT2D eigenvalue weighted by molar-refractivity contribution is 0.0734. The van der Waals surface area contributed by atoms with E-state index in [0.29, 0.717) is 23.7 Å². The van der Waals surface area contributed by atoms with Crippen molar-refractivity contribution in [2.75, 3.05) is 6.61 Å². The molecule has 0 N–H and O–H groups in total. The highest BCUT2D eigenvalue weighted by Gasteiger charge is 2.19. The van der Waals surface area contributed by atoms with Crippen LogP contribution >= 0.6 is 0 Å². The summed E-state index contributed by atoms with van der Waals surface area (Å²) in [4.78, 5) is 21.6. The van der Waals surface area contributed by atoms with Crippen molar-refractivity contribution in [3.8, 4) is 35.0 Å². The minimum atomic E-state index is -0.638. The zero-order valence-electron chi connectivity index (χ0n) is 19.4. The Labute approximate surface area is 199 Å². The van der Waals surface area contributed by atoms with Crippen molar-refractivity contribution in [2.24, 2.45) is 0 Å². The smallest absolute Gasteiger partial charge is 0.343 e. The number of hydrogen-bond acceptors (Lipinski definition) is 7. The number of nitrogens with zero attached hydrogens (tertiary/aromatic N) is 4. The fourth-order valence-electron chi connectivity index (χ4n) is 3.33. The predicted octanol–water partition coefficient (Wildman–Crippen LogP) is 5.63. The Morgan fingerprint density at radius 2 is 1.53 bits per heavy atom. The summed E-state index contributed by atoms with van der Waals surface area (Å²) in [7, 11) is 0. The molecule has 0 fully saturated rings. The normalized spacial score (nSPS) is 10.2. The van der Waals surface area contributed by atoms with Crippen molar-refractivity contribution in [1.82, 2.24) is 9.97 Å². The standard InChI is InChI=1S/C27H26N4O3/c1-3-5-6-7-19-17-30-26(31-18-19)20-8-10-21(11-9-20)27(32)34-25-13-12-24(33-14-4-2)22(15-28)23(25)16-29/h8-13,17-18H,3-7,14H2,1-2H3. The zero-order chi connectivity index (χ0) is 24.3. The Hall–Kier alpha value is -4.23. The number of rotatable bonds is 10. The monoisotopic (exact) mass is 454 g/mol. The first-order valence-corrected chi connectivity index (χ1v) is 11.3. The highest BCUT2D eigenvalue weighted by atomic mass is 16.5. The molecule has 0 unspecified atom stereocenters. The number of nitriles is 2. The van der Waals surface area contributed by atoms with Crippen LogP contribution in [0, 0.1) is 22.7 Å². The van der Waals surface area contributed by atoms with Gasteiger partial charge in [0, 0.05) is 18.0 Å². The Morgan fingerprint density at radius 3 is 2.15 bits per heavy atom. The number of aromatic nitrogens is 2. The maximum absolute atomic E-state index is 12.7. The summed E-state index contributed by atoms with van der Waals surface area (Å²) in [6.45, 7) is 4.52. The van der Waals surface area contributed by atoms with E-state index < -0.39 is 5.97 Å². The maximum Gasteiger partial charge on any atom is 0.343 e. The summed E-state index contributed by atoms with van der Waals surface area (Å²) in [5.74, 6) is 0.244.